The molecule has 94 valence electrons. The summed E-state index contributed by atoms with van der Waals surface area (Å²) in [6.45, 7) is 6.49. The Morgan fingerprint density at radius 2 is 1.82 bits per heavy atom. The molecule has 2 heteroatoms. The molecule has 0 fully saturated rings. The Morgan fingerprint density at radius 3 is 2.35 bits per heavy atom. The highest BCUT2D eigenvalue weighted by molar-refractivity contribution is 6.03. The van der Waals surface area contributed by atoms with E-state index >= 15 is 0 Å². The van der Waals surface area contributed by atoms with Crippen molar-refractivity contribution in [3.63, 3.8) is 0 Å². The van der Waals surface area contributed by atoms with Crippen LogP contribution in [0.15, 0.2) is 35.5 Å². The summed E-state index contributed by atoms with van der Waals surface area (Å²) < 4.78 is 0. The van der Waals surface area contributed by atoms with Gasteiger partial charge in [-0.3, -0.25) is 0 Å². The molecule has 0 saturated heterocycles. The first-order valence-electron chi connectivity index (χ1n) is 6.39. The molecule has 0 spiro atoms. The third kappa shape index (κ3) is 3.88. The van der Waals surface area contributed by atoms with Crippen molar-refractivity contribution < 1.29 is 5.21 Å². The summed E-state index contributed by atoms with van der Waals surface area (Å²) in [6, 6.07) is 9.92. The second kappa shape index (κ2) is 6.43. The van der Waals surface area contributed by atoms with Gasteiger partial charge < -0.3 is 5.21 Å². The van der Waals surface area contributed by atoms with Gasteiger partial charge in [0.1, 0.15) is 0 Å². The minimum absolute atomic E-state index is 0.0781. The van der Waals surface area contributed by atoms with Gasteiger partial charge in [-0.15, -0.1) is 0 Å². The van der Waals surface area contributed by atoms with Crippen LogP contribution in [0.4, 0.5) is 0 Å². The van der Waals surface area contributed by atoms with Crippen LogP contribution in [0.5, 0.6) is 0 Å². The Hall–Kier alpha value is -1.31. The Balaban J connectivity index is 2.80. The van der Waals surface area contributed by atoms with E-state index in [-0.39, 0.29) is 5.41 Å². The van der Waals surface area contributed by atoms with E-state index in [1.807, 2.05) is 30.3 Å². The lowest BCUT2D eigenvalue weighted by Gasteiger charge is -2.25. The number of benzene rings is 1. The topological polar surface area (TPSA) is 32.6 Å². The predicted molar refractivity (Wildman–Crippen MR) is 72.7 cm³/mol. The molecule has 0 aliphatic carbocycles. The fourth-order valence-corrected chi connectivity index (χ4v) is 2.12. The SMILES string of the molecule is CCCCCC(C)(C)C(=NO)c1ccccc1. The first-order valence-corrected chi connectivity index (χ1v) is 6.39. The minimum Gasteiger partial charge on any atom is -0.411 e. The van der Waals surface area contributed by atoms with E-state index in [9.17, 15) is 5.21 Å². The van der Waals surface area contributed by atoms with Crippen molar-refractivity contribution in [3.8, 4) is 0 Å². The fourth-order valence-electron chi connectivity index (χ4n) is 2.12. The molecule has 1 rings (SSSR count). The van der Waals surface area contributed by atoms with E-state index in [0.29, 0.717) is 0 Å². The Labute approximate surface area is 104 Å². The van der Waals surface area contributed by atoms with Crippen LogP contribution < -0.4 is 0 Å². The van der Waals surface area contributed by atoms with E-state index in [1.165, 1.54) is 19.3 Å². The van der Waals surface area contributed by atoms with Crippen LogP contribution in [0, 0.1) is 5.41 Å². The maximum atomic E-state index is 9.26. The van der Waals surface area contributed by atoms with Crippen LogP contribution >= 0.6 is 0 Å². The average Bonchev–Trinajstić information content (AvgIpc) is 2.31. The third-order valence-corrected chi connectivity index (χ3v) is 3.19. The van der Waals surface area contributed by atoms with Crippen LogP contribution in [0.1, 0.15) is 52.0 Å². The molecule has 17 heavy (non-hydrogen) atoms. The van der Waals surface area contributed by atoms with Crippen LogP contribution in [-0.2, 0) is 0 Å². The van der Waals surface area contributed by atoms with Crippen molar-refractivity contribution >= 4 is 5.71 Å². The highest BCUT2D eigenvalue weighted by Crippen LogP contribution is 2.29. The van der Waals surface area contributed by atoms with Gasteiger partial charge in [0.2, 0.25) is 0 Å². The highest BCUT2D eigenvalue weighted by atomic mass is 16.4. The Kier molecular flexibility index (Phi) is 5.20. The molecule has 0 aliphatic heterocycles. The van der Waals surface area contributed by atoms with Gasteiger partial charge in [-0.25, -0.2) is 0 Å². The maximum absolute atomic E-state index is 9.26. The lowest BCUT2D eigenvalue weighted by atomic mass is 9.79. The van der Waals surface area contributed by atoms with Crippen molar-refractivity contribution in [2.24, 2.45) is 10.6 Å². The zero-order valence-corrected chi connectivity index (χ0v) is 11.1. The molecule has 0 unspecified atom stereocenters. The number of hydrogen-bond acceptors (Lipinski definition) is 2. The summed E-state index contributed by atoms with van der Waals surface area (Å²) in [6.07, 6.45) is 4.68. The van der Waals surface area contributed by atoms with Gasteiger partial charge >= 0.3 is 0 Å². The fraction of sp³-hybridized carbons (Fsp3) is 0.533. The molecule has 0 saturated carbocycles. The third-order valence-electron chi connectivity index (χ3n) is 3.19. The van der Waals surface area contributed by atoms with Crippen LogP contribution in [0.25, 0.3) is 0 Å². The van der Waals surface area contributed by atoms with Crippen molar-refractivity contribution in [2.45, 2.75) is 46.5 Å². The summed E-state index contributed by atoms with van der Waals surface area (Å²) in [4.78, 5) is 0. The summed E-state index contributed by atoms with van der Waals surface area (Å²) in [5.41, 5.74) is 1.72. The Morgan fingerprint density at radius 1 is 1.18 bits per heavy atom. The lowest BCUT2D eigenvalue weighted by molar-refractivity contribution is 0.306. The molecule has 0 radical (unpaired) electrons. The van der Waals surface area contributed by atoms with E-state index in [0.717, 1.165) is 17.7 Å². The first kappa shape index (κ1) is 13.8. The highest BCUT2D eigenvalue weighted by Gasteiger charge is 2.26. The molecule has 0 aromatic heterocycles. The van der Waals surface area contributed by atoms with Crippen molar-refractivity contribution in [1.29, 1.82) is 0 Å². The van der Waals surface area contributed by atoms with Gasteiger partial charge in [-0.2, -0.15) is 0 Å². The average molecular weight is 233 g/mol. The summed E-state index contributed by atoms with van der Waals surface area (Å²) in [5.74, 6) is 0. The molecule has 0 aliphatic rings. The Bertz CT molecular complexity index is 354. The van der Waals surface area contributed by atoms with Crippen LogP contribution in [-0.4, -0.2) is 10.9 Å². The van der Waals surface area contributed by atoms with E-state index < -0.39 is 0 Å². The molecule has 0 bridgehead atoms. The molecule has 0 heterocycles. The number of hydrogen-bond donors (Lipinski definition) is 1. The summed E-state index contributed by atoms with van der Waals surface area (Å²) in [5, 5.41) is 12.8. The van der Waals surface area contributed by atoms with Crippen molar-refractivity contribution in [3.05, 3.63) is 35.9 Å². The largest absolute Gasteiger partial charge is 0.411 e. The van der Waals surface area contributed by atoms with Crippen molar-refractivity contribution in [2.75, 3.05) is 0 Å². The van der Waals surface area contributed by atoms with Gasteiger partial charge in [0.15, 0.2) is 0 Å². The summed E-state index contributed by atoms with van der Waals surface area (Å²) >= 11 is 0. The molecule has 1 N–H and O–H groups in total. The quantitative estimate of drug-likeness (QED) is 0.334. The molecule has 0 atom stereocenters. The zero-order chi connectivity index (χ0) is 12.7. The molecule has 1 aromatic rings. The predicted octanol–water partition coefficient (Wildman–Crippen LogP) is 4.47. The molecular formula is C15H23NO. The number of nitrogens with zero attached hydrogens (tertiary/aromatic N) is 1. The first-order chi connectivity index (χ1) is 8.11. The van der Waals surface area contributed by atoms with Crippen LogP contribution in [0.2, 0.25) is 0 Å². The van der Waals surface area contributed by atoms with E-state index in [1.54, 1.807) is 0 Å². The second-order valence-electron chi connectivity index (χ2n) is 5.16. The second-order valence-corrected chi connectivity index (χ2v) is 5.16. The molecule has 0 amide bonds. The van der Waals surface area contributed by atoms with Gasteiger partial charge in [0, 0.05) is 5.41 Å². The molecule has 2 nitrogen and oxygen atoms in total. The van der Waals surface area contributed by atoms with Gasteiger partial charge in [-0.05, 0) is 12.0 Å². The standard InChI is InChI=1S/C15H23NO/c1-4-5-9-12-15(2,3)14(16-17)13-10-7-6-8-11-13/h6-8,10-11,17H,4-5,9,12H2,1-3H3. The monoisotopic (exact) mass is 233 g/mol. The number of unbranched alkanes of at least 4 members (excludes halogenated alkanes) is 2. The number of oxime groups is 1. The summed E-state index contributed by atoms with van der Waals surface area (Å²) in [7, 11) is 0. The number of rotatable bonds is 6. The van der Waals surface area contributed by atoms with Gasteiger partial charge in [0.25, 0.3) is 0 Å². The zero-order valence-electron chi connectivity index (χ0n) is 11.1. The minimum atomic E-state index is -0.0781. The van der Waals surface area contributed by atoms with Gasteiger partial charge in [0.05, 0.1) is 5.71 Å². The van der Waals surface area contributed by atoms with E-state index in [2.05, 4.69) is 25.9 Å². The molecule has 1 aromatic carbocycles. The molecular weight excluding hydrogens is 210 g/mol. The normalized spacial score (nSPS) is 12.8. The smallest absolute Gasteiger partial charge is 0.0923 e. The van der Waals surface area contributed by atoms with Gasteiger partial charge in [-0.1, -0.05) is 75.5 Å². The van der Waals surface area contributed by atoms with Crippen molar-refractivity contribution in [1.82, 2.24) is 0 Å². The van der Waals surface area contributed by atoms with Crippen LogP contribution in [0.3, 0.4) is 0 Å². The lowest BCUT2D eigenvalue weighted by Crippen LogP contribution is -2.25. The maximum Gasteiger partial charge on any atom is 0.0923 e. The van der Waals surface area contributed by atoms with E-state index in [4.69, 9.17) is 0 Å².